The Balaban J connectivity index is 0.00000162. The quantitative estimate of drug-likeness (QED) is 0.849. The van der Waals surface area contributed by atoms with Crippen molar-refractivity contribution < 1.29 is 4.79 Å². The molecular weight excluding hydrogens is 248 g/mol. The van der Waals surface area contributed by atoms with E-state index in [1.54, 1.807) is 0 Å². The van der Waals surface area contributed by atoms with Crippen molar-refractivity contribution in [2.45, 2.75) is 33.2 Å². The molecule has 0 unspecified atom stereocenters. The van der Waals surface area contributed by atoms with Crippen LogP contribution in [0.3, 0.4) is 0 Å². The highest BCUT2D eigenvalue weighted by molar-refractivity contribution is 5.97. The van der Waals surface area contributed by atoms with Gasteiger partial charge in [0.2, 0.25) is 0 Å². The van der Waals surface area contributed by atoms with Crippen LogP contribution >= 0.6 is 12.4 Å². The van der Waals surface area contributed by atoms with Gasteiger partial charge >= 0.3 is 0 Å². The number of carbonyl (C=O) groups excluding carboxylic acids is 1. The van der Waals surface area contributed by atoms with Crippen LogP contribution in [-0.4, -0.2) is 29.9 Å². The van der Waals surface area contributed by atoms with Gasteiger partial charge in [0.15, 0.2) is 0 Å². The van der Waals surface area contributed by atoms with Crippen molar-refractivity contribution in [3.05, 3.63) is 34.4 Å². The van der Waals surface area contributed by atoms with E-state index in [2.05, 4.69) is 19.1 Å². The second-order valence-electron chi connectivity index (χ2n) is 5.07. The molecule has 0 saturated carbocycles. The fourth-order valence-electron chi connectivity index (χ4n) is 2.65. The van der Waals surface area contributed by atoms with Crippen molar-refractivity contribution in [2.75, 3.05) is 13.1 Å². The molecule has 0 bridgehead atoms. The second kappa shape index (κ2) is 5.72. The minimum Gasteiger partial charge on any atom is -0.337 e. The summed E-state index contributed by atoms with van der Waals surface area (Å²) in [6.07, 6.45) is 0.912. The van der Waals surface area contributed by atoms with Crippen LogP contribution in [0.25, 0.3) is 0 Å². The Hall–Kier alpha value is -1.06. The van der Waals surface area contributed by atoms with Gasteiger partial charge in [-0.05, 0) is 38.3 Å². The van der Waals surface area contributed by atoms with E-state index in [1.807, 2.05) is 18.7 Å². The maximum atomic E-state index is 12.4. The summed E-state index contributed by atoms with van der Waals surface area (Å²) in [5.41, 5.74) is 10.0. The average molecular weight is 269 g/mol. The van der Waals surface area contributed by atoms with Crippen LogP contribution in [-0.2, 0) is 0 Å². The average Bonchev–Trinajstić information content (AvgIpc) is 2.63. The molecule has 1 fully saturated rings. The minimum absolute atomic E-state index is 0. The highest BCUT2D eigenvalue weighted by Gasteiger charge is 2.26. The van der Waals surface area contributed by atoms with Gasteiger partial charge in [-0.1, -0.05) is 17.7 Å². The monoisotopic (exact) mass is 268 g/mol. The molecule has 0 aliphatic carbocycles. The summed E-state index contributed by atoms with van der Waals surface area (Å²) in [5.74, 6) is 0.132. The number of hydrogen-bond donors (Lipinski definition) is 1. The Bertz CT molecular complexity index is 436. The number of amides is 1. The lowest BCUT2D eigenvalue weighted by atomic mass is 9.99. The Morgan fingerprint density at radius 1 is 1.28 bits per heavy atom. The molecule has 100 valence electrons. The Labute approximate surface area is 115 Å². The fraction of sp³-hybridized carbons (Fsp3) is 0.500. The number of benzene rings is 1. The zero-order valence-corrected chi connectivity index (χ0v) is 12.0. The lowest BCUT2D eigenvalue weighted by Crippen LogP contribution is -2.32. The lowest BCUT2D eigenvalue weighted by Gasteiger charge is -2.19. The van der Waals surface area contributed by atoms with Gasteiger partial charge in [-0.25, -0.2) is 0 Å². The summed E-state index contributed by atoms with van der Waals surface area (Å²) < 4.78 is 0. The van der Waals surface area contributed by atoms with Gasteiger partial charge in [0.1, 0.15) is 0 Å². The number of nitrogens with zero attached hydrogens (tertiary/aromatic N) is 1. The number of rotatable bonds is 1. The Morgan fingerprint density at radius 2 is 1.83 bits per heavy atom. The topological polar surface area (TPSA) is 46.3 Å². The molecule has 18 heavy (non-hydrogen) atoms. The highest BCUT2D eigenvalue weighted by atomic mass is 35.5. The third kappa shape index (κ3) is 2.85. The van der Waals surface area contributed by atoms with E-state index in [1.165, 1.54) is 5.56 Å². The van der Waals surface area contributed by atoms with Crippen LogP contribution in [0.2, 0.25) is 0 Å². The molecule has 1 aliphatic rings. The van der Waals surface area contributed by atoms with Crippen molar-refractivity contribution >= 4 is 18.3 Å². The molecule has 1 aromatic rings. The summed E-state index contributed by atoms with van der Waals surface area (Å²) in [6.45, 7) is 7.53. The van der Waals surface area contributed by atoms with Crippen molar-refractivity contribution in [3.63, 3.8) is 0 Å². The zero-order valence-electron chi connectivity index (χ0n) is 11.2. The van der Waals surface area contributed by atoms with Gasteiger partial charge in [0.05, 0.1) is 0 Å². The van der Waals surface area contributed by atoms with Crippen LogP contribution in [0.15, 0.2) is 12.1 Å². The van der Waals surface area contributed by atoms with E-state index in [0.29, 0.717) is 6.54 Å². The van der Waals surface area contributed by atoms with Crippen LogP contribution in [0.5, 0.6) is 0 Å². The number of halogens is 1. The van der Waals surface area contributed by atoms with Gasteiger partial charge in [0, 0.05) is 24.7 Å². The van der Waals surface area contributed by atoms with Gasteiger partial charge < -0.3 is 10.6 Å². The predicted molar refractivity (Wildman–Crippen MR) is 76.4 cm³/mol. The molecule has 1 heterocycles. The lowest BCUT2D eigenvalue weighted by molar-refractivity contribution is 0.0789. The summed E-state index contributed by atoms with van der Waals surface area (Å²) in [4.78, 5) is 14.3. The van der Waals surface area contributed by atoms with E-state index in [-0.39, 0.29) is 24.4 Å². The SMILES string of the molecule is Cc1cc(C)c(C(=O)N2CC[C@H](N)C2)c(C)c1.Cl. The molecule has 1 amide bonds. The zero-order chi connectivity index (χ0) is 12.6. The van der Waals surface area contributed by atoms with Crippen LogP contribution in [0.4, 0.5) is 0 Å². The number of carbonyl (C=O) groups is 1. The molecule has 1 aliphatic heterocycles. The van der Waals surface area contributed by atoms with Crippen LogP contribution in [0.1, 0.15) is 33.5 Å². The number of hydrogen-bond acceptors (Lipinski definition) is 2. The second-order valence-corrected chi connectivity index (χ2v) is 5.07. The maximum Gasteiger partial charge on any atom is 0.254 e. The Kier molecular flexibility index (Phi) is 4.77. The van der Waals surface area contributed by atoms with Crippen molar-refractivity contribution in [2.24, 2.45) is 5.73 Å². The van der Waals surface area contributed by atoms with E-state index in [4.69, 9.17) is 5.73 Å². The largest absolute Gasteiger partial charge is 0.337 e. The summed E-state index contributed by atoms with van der Waals surface area (Å²) in [7, 11) is 0. The van der Waals surface area contributed by atoms with Gasteiger partial charge in [0.25, 0.3) is 5.91 Å². The minimum atomic E-state index is 0. The third-order valence-electron chi connectivity index (χ3n) is 3.40. The molecular formula is C14H21ClN2O. The summed E-state index contributed by atoms with van der Waals surface area (Å²) in [5, 5.41) is 0. The number of aryl methyl sites for hydroxylation is 3. The van der Waals surface area contributed by atoms with Crippen molar-refractivity contribution in [3.8, 4) is 0 Å². The molecule has 1 saturated heterocycles. The first-order chi connectivity index (χ1) is 7.99. The number of nitrogens with two attached hydrogens (primary N) is 1. The highest BCUT2D eigenvalue weighted by Crippen LogP contribution is 2.20. The molecule has 3 nitrogen and oxygen atoms in total. The van der Waals surface area contributed by atoms with Crippen LogP contribution < -0.4 is 5.73 Å². The van der Waals surface area contributed by atoms with Gasteiger partial charge in [-0.3, -0.25) is 4.79 Å². The van der Waals surface area contributed by atoms with E-state index < -0.39 is 0 Å². The standard InChI is InChI=1S/C14H20N2O.ClH/c1-9-6-10(2)13(11(3)7-9)14(17)16-5-4-12(15)8-16;/h6-7,12H,4-5,8,15H2,1-3H3;1H/t12-;/m0./s1. The smallest absolute Gasteiger partial charge is 0.254 e. The molecule has 2 N–H and O–H groups in total. The first-order valence-electron chi connectivity index (χ1n) is 6.11. The molecule has 0 spiro atoms. The predicted octanol–water partition coefficient (Wildman–Crippen LogP) is 2.21. The maximum absolute atomic E-state index is 12.4. The normalized spacial score (nSPS) is 18.7. The fourth-order valence-corrected chi connectivity index (χ4v) is 2.65. The van der Waals surface area contributed by atoms with Crippen LogP contribution in [0, 0.1) is 20.8 Å². The molecule has 4 heteroatoms. The van der Waals surface area contributed by atoms with E-state index in [0.717, 1.165) is 29.7 Å². The van der Waals surface area contributed by atoms with Crippen molar-refractivity contribution in [1.82, 2.24) is 4.90 Å². The Morgan fingerprint density at radius 3 is 2.28 bits per heavy atom. The first kappa shape index (κ1) is 15.0. The van der Waals surface area contributed by atoms with Gasteiger partial charge in [-0.15, -0.1) is 12.4 Å². The molecule has 0 radical (unpaired) electrons. The molecule has 0 aromatic heterocycles. The van der Waals surface area contributed by atoms with E-state index in [9.17, 15) is 4.79 Å². The summed E-state index contributed by atoms with van der Waals surface area (Å²) >= 11 is 0. The van der Waals surface area contributed by atoms with E-state index >= 15 is 0 Å². The van der Waals surface area contributed by atoms with Gasteiger partial charge in [-0.2, -0.15) is 0 Å². The van der Waals surface area contributed by atoms with Crippen molar-refractivity contribution in [1.29, 1.82) is 0 Å². The number of likely N-dealkylation sites (tertiary alicyclic amines) is 1. The molecule has 1 atom stereocenters. The third-order valence-corrected chi connectivity index (χ3v) is 3.40. The molecule has 1 aromatic carbocycles. The first-order valence-corrected chi connectivity index (χ1v) is 6.11. The summed E-state index contributed by atoms with van der Waals surface area (Å²) in [6, 6.07) is 4.27. The molecule has 2 rings (SSSR count).